The van der Waals surface area contributed by atoms with E-state index in [1.807, 2.05) is 41.3 Å². The van der Waals surface area contributed by atoms with Crippen LogP contribution in [0.3, 0.4) is 0 Å². The van der Waals surface area contributed by atoms with E-state index >= 15 is 0 Å². The van der Waals surface area contributed by atoms with Gasteiger partial charge >= 0.3 is 0 Å². The molecule has 1 aromatic heterocycles. The molecule has 1 aromatic carbocycles. The Kier molecular flexibility index (Phi) is 6.17. The van der Waals surface area contributed by atoms with Crippen molar-refractivity contribution in [2.24, 2.45) is 0 Å². The minimum absolute atomic E-state index is 0.0320. The predicted molar refractivity (Wildman–Crippen MR) is 113 cm³/mol. The number of hydrogen-bond acceptors (Lipinski definition) is 5. The molecule has 2 aliphatic heterocycles. The number of rotatable bonds is 5. The van der Waals surface area contributed by atoms with E-state index < -0.39 is 0 Å². The third kappa shape index (κ3) is 4.81. The molecule has 7 heteroatoms. The zero-order valence-electron chi connectivity index (χ0n) is 16.5. The fourth-order valence-electron chi connectivity index (χ4n) is 4.13. The molecule has 2 amide bonds. The van der Waals surface area contributed by atoms with Crippen molar-refractivity contribution in [1.29, 1.82) is 0 Å². The highest BCUT2D eigenvalue weighted by molar-refractivity contribution is 5.98. The summed E-state index contributed by atoms with van der Waals surface area (Å²) < 4.78 is 0. The van der Waals surface area contributed by atoms with Crippen molar-refractivity contribution < 1.29 is 9.59 Å². The van der Waals surface area contributed by atoms with Crippen molar-refractivity contribution in [2.45, 2.75) is 18.9 Å². The van der Waals surface area contributed by atoms with E-state index in [2.05, 4.69) is 20.1 Å². The Morgan fingerprint density at radius 3 is 2.55 bits per heavy atom. The molecule has 1 N–H and O–H groups in total. The van der Waals surface area contributed by atoms with Crippen LogP contribution in [-0.4, -0.2) is 71.9 Å². The topological polar surface area (TPSA) is 68.8 Å². The van der Waals surface area contributed by atoms with Crippen LogP contribution >= 0.6 is 0 Å². The first-order chi connectivity index (χ1) is 14.2. The van der Waals surface area contributed by atoms with Gasteiger partial charge in [-0.05, 0) is 37.1 Å². The molecule has 3 heterocycles. The Hall–Kier alpha value is -2.77. The van der Waals surface area contributed by atoms with Gasteiger partial charge in [0.25, 0.3) is 0 Å². The molecule has 2 aromatic rings. The Labute approximate surface area is 171 Å². The number of hydrogen-bond donors (Lipinski definition) is 1. The molecular weight excluding hydrogens is 366 g/mol. The third-order valence-corrected chi connectivity index (χ3v) is 5.64. The first-order valence-corrected chi connectivity index (χ1v) is 10.2. The quantitative estimate of drug-likeness (QED) is 0.840. The summed E-state index contributed by atoms with van der Waals surface area (Å²) in [5, 5.41) is 2.88. The molecule has 2 fully saturated rings. The maximum absolute atomic E-state index is 13.1. The molecule has 7 nitrogen and oxygen atoms in total. The van der Waals surface area contributed by atoms with Crippen LogP contribution < -0.4 is 10.2 Å². The van der Waals surface area contributed by atoms with Crippen molar-refractivity contribution in [2.75, 3.05) is 49.5 Å². The van der Waals surface area contributed by atoms with Gasteiger partial charge in [-0.25, -0.2) is 0 Å². The number of anilines is 2. The van der Waals surface area contributed by atoms with E-state index in [1.54, 1.807) is 18.5 Å². The zero-order chi connectivity index (χ0) is 20.1. The average molecular weight is 393 g/mol. The van der Waals surface area contributed by atoms with Gasteiger partial charge in [-0.2, -0.15) is 0 Å². The van der Waals surface area contributed by atoms with Crippen molar-refractivity contribution >= 4 is 23.2 Å². The van der Waals surface area contributed by atoms with Gasteiger partial charge < -0.3 is 10.2 Å². The number of nitrogens with zero attached hydrogens (tertiary/aromatic N) is 4. The summed E-state index contributed by atoms with van der Waals surface area (Å²) in [7, 11) is 0. The standard InChI is InChI=1S/C22H27N5O2/c28-21(24-18-6-4-10-23-16-18)17-25-12-14-26(15-13-25)20-9-5-11-27(22(20)29)19-7-2-1-3-8-19/h1-4,6-8,10,16,20H,5,9,11-15,17H2,(H,24,28)/t20-/m1/s1. The average Bonchev–Trinajstić information content (AvgIpc) is 2.76. The predicted octanol–water partition coefficient (Wildman–Crippen LogP) is 1.83. The Morgan fingerprint density at radius 1 is 1.03 bits per heavy atom. The molecule has 2 saturated heterocycles. The number of piperazine rings is 1. The highest BCUT2D eigenvalue weighted by Gasteiger charge is 2.35. The van der Waals surface area contributed by atoms with E-state index in [0.29, 0.717) is 12.2 Å². The molecule has 152 valence electrons. The van der Waals surface area contributed by atoms with Gasteiger partial charge in [0.05, 0.1) is 24.5 Å². The second kappa shape index (κ2) is 9.15. The first kappa shape index (κ1) is 19.5. The summed E-state index contributed by atoms with van der Waals surface area (Å²) in [5.74, 6) is 0.167. The summed E-state index contributed by atoms with van der Waals surface area (Å²) in [6.45, 7) is 4.33. The van der Waals surface area contributed by atoms with Crippen LogP contribution in [0.4, 0.5) is 11.4 Å². The normalized spacial score (nSPS) is 21.2. The van der Waals surface area contributed by atoms with E-state index in [0.717, 1.165) is 51.3 Å². The largest absolute Gasteiger partial charge is 0.324 e. The third-order valence-electron chi connectivity index (χ3n) is 5.64. The van der Waals surface area contributed by atoms with Crippen LogP contribution in [0.15, 0.2) is 54.9 Å². The molecule has 0 aliphatic carbocycles. The van der Waals surface area contributed by atoms with Gasteiger partial charge in [-0.3, -0.25) is 24.4 Å². The Bertz CT molecular complexity index is 822. The first-order valence-electron chi connectivity index (χ1n) is 10.2. The van der Waals surface area contributed by atoms with Crippen LogP contribution in [0.1, 0.15) is 12.8 Å². The zero-order valence-corrected chi connectivity index (χ0v) is 16.5. The van der Waals surface area contributed by atoms with Crippen molar-refractivity contribution in [3.8, 4) is 0 Å². The van der Waals surface area contributed by atoms with Gasteiger partial charge in [0.1, 0.15) is 0 Å². The van der Waals surface area contributed by atoms with Crippen LogP contribution in [0, 0.1) is 0 Å². The molecule has 0 spiro atoms. The Balaban J connectivity index is 1.29. The molecule has 2 aliphatic rings. The maximum atomic E-state index is 13.1. The molecule has 0 saturated carbocycles. The summed E-state index contributed by atoms with van der Waals surface area (Å²) in [5.41, 5.74) is 1.69. The highest BCUT2D eigenvalue weighted by atomic mass is 16.2. The number of pyridine rings is 1. The van der Waals surface area contributed by atoms with E-state index in [9.17, 15) is 9.59 Å². The van der Waals surface area contributed by atoms with Gasteiger partial charge in [0, 0.05) is 44.6 Å². The van der Waals surface area contributed by atoms with E-state index in [4.69, 9.17) is 0 Å². The molecule has 0 bridgehead atoms. The second-order valence-electron chi connectivity index (χ2n) is 7.59. The molecule has 4 rings (SSSR count). The monoisotopic (exact) mass is 393 g/mol. The smallest absolute Gasteiger partial charge is 0.244 e. The minimum atomic E-state index is -0.0599. The lowest BCUT2D eigenvalue weighted by Gasteiger charge is -2.42. The SMILES string of the molecule is O=C(CN1CCN([C@@H]2CCCN(c3ccccc3)C2=O)CC1)Nc1cccnc1. The molecule has 29 heavy (non-hydrogen) atoms. The van der Waals surface area contributed by atoms with Crippen molar-refractivity contribution in [3.05, 3.63) is 54.9 Å². The van der Waals surface area contributed by atoms with Gasteiger partial charge in [-0.15, -0.1) is 0 Å². The summed E-state index contributed by atoms with van der Waals surface area (Å²) >= 11 is 0. The number of amides is 2. The number of carbonyl (C=O) groups is 2. The number of carbonyl (C=O) groups excluding carboxylic acids is 2. The van der Waals surface area contributed by atoms with Gasteiger partial charge in [0.2, 0.25) is 11.8 Å². The summed E-state index contributed by atoms with van der Waals surface area (Å²) in [6.07, 6.45) is 5.24. The maximum Gasteiger partial charge on any atom is 0.244 e. The molecule has 1 atom stereocenters. The molecular formula is C22H27N5O2. The molecule has 0 unspecified atom stereocenters. The molecule has 0 radical (unpaired) electrons. The number of nitrogens with one attached hydrogen (secondary N) is 1. The lowest BCUT2D eigenvalue weighted by molar-refractivity contribution is -0.127. The van der Waals surface area contributed by atoms with Crippen LogP contribution in [0.2, 0.25) is 0 Å². The summed E-state index contributed by atoms with van der Waals surface area (Å²) in [4.78, 5) is 35.7. The summed E-state index contributed by atoms with van der Waals surface area (Å²) in [6, 6.07) is 13.5. The van der Waals surface area contributed by atoms with Crippen molar-refractivity contribution in [3.63, 3.8) is 0 Å². The van der Waals surface area contributed by atoms with Gasteiger partial charge in [0.15, 0.2) is 0 Å². The highest BCUT2D eigenvalue weighted by Crippen LogP contribution is 2.24. The van der Waals surface area contributed by atoms with Crippen LogP contribution in [0.25, 0.3) is 0 Å². The lowest BCUT2D eigenvalue weighted by Crippen LogP contribution is -2.58. The van der Waals surface area contributed by atoms with Crippen LogP contribution in [0.5, 0.6) is 0 Å². The fraction of sp³-hybridized carbons (Fsp3) is 0.409. The number of piperidine rings is 1. The number of aromatic nitrogens is 1. The fourth-order valence-corrected chi connectivity index (χ4v) is 4.13. The number of para-hydroxylation sites is 1. The lowest BCUT2D eigenvalue weighted by atomic mass is 10.0. The Morgan fingerprint density at radius 2 is 1.83 bits per heavy atom. The van der Waals surface area contributed by atoms with Crippen molar-refractivity contribution in [1.82, 2.24) is 14.8 Å². The number of benzene rings is 1. The van der Waals surface area contributed by atoms with E-state index in [-0.39, 0.29) is 17.9 Å². The van der Waals surface area contributed by atoms with E-state index in [1.165, 1.54) is 0 Å². The van der Waals surface area contributed by atoms with Crippen LogP contribution in [-0.2, 0) is 9.59 Å². The second-order valence-corrected chi connectivity index (χ2v) is 7.59. The van der Waals surface area contributed by atoms with Gasteiger partial charge in [-0.1, -0.05) is 18.2 Å². The minimum Gasteiger partial charge on any atom is -0.324 e.